The lowest BCUT2D eigenvalue weighted by molar-refractivity contribution is -0.139. The summed E-state index contributed by atoms with van der Waals surface area (Å²) in [5, 5.41) is 0. The SMILES string of the molecule is CC(=O)N(CC(=O)N(C)CCc1ccncc1)C1CC1. The van der Waals surface area contributed by atoms with Crippen molar-refractivity contribution in [2.45, 2.75) is 32.2 Å². The molecule has 0 aromatic carbocycles. The number of likely N-dealkylation sites (N-methyl/N-ethyl adjacent to an activating group) is 1. The minimum absolute atomic E-state index is 0.00107. The summed E-state index contributed by atoms with van der Waals surface area (Å²) in [6.07, 6.45) is 6.35. The van der Waals surface area contributed by atoms with Gasteiger partial charge in [-0.3, -0.25) is 14.6 Å². The Bertz CT molecular complexity index is 471. The Morgan fingerprint density at radius 1 is 1.30 bits per heavy atom. The van der Waals surface area contributed by atoms with Crippen LogP contribution < -0.4 is 0 Å². The van der Waals surface area contributed by atoms with Crippen LogP contribution in [0.3, 0.4) is 0 Å². The third-order valence-electron chi connectivity index (χ3n) is 3.61. The molecule has 0 radical (unpaired) electrons. The molecule has 5 nitrogen and oxygen atoms in total. The van der Waals surface area contributed by atoms with Crippen LogP contribution in [0.15, 0.2) is 24.5 Å². The van der Waals surface area contributed by atoms with Crippen molar-refractivity contribution >= 4 is 11.8 Å². The molecule has 0 bridgehead atoms. The van der Waals surface area contributed by atoms with Gasteiger partial charge in [0.05, 0.1) is 6.54 Å². The van der Waals surface area contributed by atoms with Crippen molar-refractivity contribution < 1.29 is 9.59 Å². The predicted octanol–water partition coefficient (Wildman–Crippen LogP) is 1.09. The number of aromatic nitrogens is 1. The molecule has 0 spiro atoms. The molecule has 1 aliphatic carbocycles. The van der Waals surface area contributed by atoms with Gasteiger partial charge in [-0.25, -0.2) is 0 Å². The highest BCUT2D eigenvalue weighted by atomic mass is 16.2. The van der Waals surface area contributed by atoms with Gasteiger partial charge >= 0.3 is 0 Å². The van der Waals surface area contributed by atoms with Crippen molar-refractivity contribution in [3.63, 3.8) is 0 Å². The minimum atomic E-state index is -0.0108. The van der Waals surface area contributed by atoms with Crippen LogP contribution in [-0.4, -0.2) is 52.8 Å². The van der Waals surface area contributed by atoms with E-state index in [1.165, 1.54) is 6.92 Å². The summed E-state index contributed by atoms with van der Waals surface area (Å²) < 4.78 is 0. The third kappa shape index (κ3) is 4.05. The van der Waals surface area contributed by atoms with Gasteiger partial charge in [0.15, 0.2) is 0 Å². The molecule has 0 saturated heterocycles. The van der Waals surface area contributed by atoms with Gasteiger partial charge in [0.25, 0.3) is 0 Å². The number of rotatable bonds is 6. The van der Waals surface area contributed by atoms with Crippen molar-refractivity contribution in [3.8, 4) is 0 Å². The minimum Gasteiger partial charge on any atom is -0.344 e. The fourth-order valence-corrected chi connectivity index (χ4v) is 2.12. The Morgan fingerprint density at radius 2 is 1.95 bits per heavy atom. The van der Waals surface area contributed by atoms with Crippen LogP contribution in [0.25, 0.3) is 0 Å². The van der Waals surface area contributed by atoms with Crippen LogP contribution >= 0.6 is 0 Å². The molecule has 0 N–H and O–H groups in total. The zero-order valence-electron chi connectivity index (χ0n) is 12.1. The molecule has 1 fully saturated rings. The second-order valence-corrected chi connectivity index (χ2v) is 5.30. The van der Waals surface area contributed by atoms with Gasteiger partial charge in [-0.1, -0.05) is 0 Å². The van der Waals surface area contributed by atoms with Crippen molar-refractivity contribution in [1.82, 2.24) is 14.8 Å². The molecule has 20 heavy (non-hydrogen) atoms. The molecule has 1 saturated carbocycles. The first-order valence-corrected chi connectivity index (χ1v) is 6.98. The normalized spacial score (nSPS) is 13.9. The standard InChI is InChI=1S/C15H21N3O2/c1-12(19)18(14-3-4-14)11-15(20)17(2)10-7-13-5-8-16-9-6-13/h5-6,8-9,14H,3-4,7,10-11H2,1-2H3. The van der Waals surface area contributed by atoms with Gasteiger partial charge in [0.2, 0.25) is 11.8 Å². The van der Waals surface area contributed by atoms with Gasteiger partial charge in [-0.15, -0.1) is 0 Å². The van der Waals surface area contributed by atoms with Crippen molar-refractivity contribution in [3.05, 3.63) is 30.1 Å². The molecule has 1 aromatic rings. The quantitative estimate of drug-likeness (QED) is 0.781. The van der Waals surface area contributed by atoms with E-state index in [4.69, 9.17) is 0 Å². The Kier molecular flexibility index (Phi) is 4.71. The van der Waals surface area contributed by atoms with E-state index in [1.54, 1.807) is 29.2 Å². The average molecular weight is 275 g/mol. The van der Waals surface area contributed by atoms with Gasteiger partial charge < -0.3 is 9.80 Å². The molecule has 1 aliphatic rings. The first kappa shape index (κ1) is 14.5. The molecule has 0 aliphatic heterocycles. The zero-order valence-corrected chi connectivity index (χ0v) is 12.1. The molecule has 108 valence electrons. The largest absolute Gasteiger partial charge is 0.344 e. The van der Waals surface area contributed by atoms with Gasteiger partial charge in [0, 0.05) is 39.0 Å². The Labute approximate surface area is 119 Å². The highest BCUT2D eigenvalue weighted by Crippen LogP contribution is 2.26. The lowest BCUT2D eigenvalue weighted by Crippen LogP contribution is -2.42. The van der Waals surface area contributed by atoms with Crippen LogP contribution in [-0.2, 0) is 16.0 Å². The predicted molar refractivity (Wildman–Crippen MR) is 76.0 cm³/mol. The van der Waals surface area contributed by atoms with Crippen molar-refractivity contribution in [2.75, 3.05) is 20.1 Å². The monoisotopic (exact) mass is 275 g/mol. The highest BCUT2D eigenvalue weighted by molar-refractivity contribution is 5.84. The topological polar surface area (TPSA) is 53.5 Å². The summed E-state index contributed by atoms with van der Waals surface area (Å²) in [5.74, 6) is -0.00969. The van der Waals surface area contributed by atoms with E-state index in [2.05, 4.69) is 4.98 Å². The van der Waals surface area contributed by atoms with Crippen molar-refractivity contribution in [1.29, 1.82) is 0 Å². The van der Waals surface area contributed by atoms with E-state index in [-0.39, 0.29) is 24.4 Å². The molecule has 5 heteroatoms. The maximum absolute atomic E-state index is 12.1. The van der Waals surface area contributed by atoms with Crippen LogP contribution in [0.5, 0.6) is 0 Å². The molecule has 0 atom stereocenters. The summed E-state index contributed by atoms with van der Waals surface area (Å²) in [7, 11) is 1.79. The van der Waals surface area contributed by atoms with E-state index >= 15 is 0 Å². The first-order valence-electron chi connectivity index (χ1n) is 6.98. The summed E-state index contributed by atoms with van der Waals surface area (Å²) >= 11 is 0. The van der Waals surface area contributed by atoms with E-state index in [1.807, 2.05) is 12.1 Å². The van der Waals surface area contributed by atoms with Crippen LogP contribution in [0.2, 0.25) is 0 Å². The first-order chi connectivity index (χ1) is 9.58. The second-order valence-electron chi connectivity index (χ2n) is 5.30. The van der Waals surface area contributed by atoms with Crippen LogP contribution in [0, 0.1) is 0 Å². The lowest BCUT2D eigenvalue weighted by Gasteiger charge is -2.24. The van der Waals surface area contributed by atoms with Gasteiger partial charge in [-0.05, 0) is 37.0 Å². The molecule has 1 heterocycles. The molecular formula is C15H21N3O2. The van der Waals surface area contributed by atoms with Crippen molar-refractivity contribution in [2.24, 2.45) is 0 Å². The highest BCUT2D eigenvalue weighted by Gasteiger charge is 2.32. The van der Waals surface area contributed by atoms with E-state index in [9.17, 15) is 9.59 Å². The number of pyridine rings is 1. The molecular weight excluding hydrogens is 254 g/mol. The van der Waals surface area contributed by atoms with Crippen LogP contribution in [0.1, 0.15) is 25.3 Å². The number of amides is 2. The number of hydrogen-bond acceptors (Lipinski definition) is 3. The Morgan fingerprint density at radius 3 is 2.50 bits per heavy atom. The van der Waals surface area contributed by atoms with Crippen LogP contribution in [0.4, 0.5) is 0 Å². The smallest absolute Gasteiger partial charge is 0.241 e. The number of nitrogens with zero attached hydrogens (tertiary/aromatic N) is 3. The summed E-state index contributed by atoms with van der Waals surface area (Å²) in [4.78, 5) is 31.0. The molecule has 1 aromatic heterocycles. The van der Waals surface area contributed by atoms with E-state index in [0.29, 0.717) is 6.54 Å². The summed E-state index contributed by atoms with van der Waals surface area (Å²) in [6, 6.07) is 4.18. The molecule has 0 unspecified atom stereocenters. The molecule has 2 rings (SSSR count). The zero-order chi connectivity index (χ0) is 14.5. The Hall–Kier alpha value is -1.91. The number of carbonyl (C=O) groups is 2. The lowest BCUT2D eigenvalue weighted by atomic mass is 10.2. The van der Waals surface area contributed by atoms with E-state index in [0.717, 1.165) is 24.8 Å². The van der Waals surface area contributed by atoms with Gasteiger partial charge in [0.1, 0.15) is 0 Å². The summed E-state index contributed by atoms with van der Waals surface area (Å²) in [5.41, 5.74) is 1.16. The van der Waals surface area contributed by atoms with Gasteiger partial charge in [-0.2, -0.15) is 0 Å². The Balaban J connectivity index is 1.81. The number of hydrogen-bond donors (Lipinski definition) is 0. The third-order valence-corrected chi connectivity index (χ3v) is 3.61. The maximum Gasteiger partial charge on any atom is 0.241 e. The fourth-order valence-electron chi connectivity index (χ4n) is 2.12. The summed E-state index contributed by atoms with van der Waals surface area (Å²) in [6.45, 7) is 2.38. The fraction of sp³-hybridized carbons (Fsp3) is 0.533. The molecule has 2 amide bonds. The average Bonchev–Trinajstić information content (AvgIpc) is 3.27. The second kappa shape index (κ2) is 6.50. The van der Waals surface area contributed by atoms with E-state index < -0.39 is 0 Å². The number of carbonyl (C=O) groups excluding carboxylic acids is 2. The maximum atomic E-state index is 12.1.